The van der Waals surface area contributed by atoms with Gasteiger partial charge >= 0.3 is 5.97 Å². The Hall–Kier alpha value is -2.97. The Morgan fingerprint density at radius 1 is 0.762 bits per heavy atom. The van der Waals surface area contributed by atoms with Crippen LogP contribution in [0, 0.1) is 11.8 Å². The molecule has 3 aromatic rings. The quantitative estimate of drug-likeness (QED) is 0.0940. The molecular formula is C35H48O6Si. The Kier molecular flexibility index (Phi) is 11.9. The molecule has 3 aromatic carbocycles. The second kappa shape index (κ2) is 15.0. The average molecular weight is 593 g/mol. The van der Waals surface area contributed by atoms with Crippen LogP contribution in [-0.2, 0) is 30.0 Å². The van der Waals surface area contributed by atoms with Crippen LogP contribution in [0.1, 0.15) is 54.0 Å². The zero-order valence-electron chi connectivity index (χ0n) is 26.5. The molecule has 0 saturated heterocycles. The van der Waals surface area contributed by atoms with Gasteiger partial charge in [-0.15, -0.1) is 0 Å². The van der Waals surface area contributed by atoms with Crippen molar-refractivity contribution in [3.63, 3.8) is 0 Å². The van der Waals surface area contributed by atoms with Crippen LogP contribution >= 0.6 is 0 Å². The van der Waals surface area contributed by atoms with Crippen LogP contribution in [0.2, 0.25) is 5.04 Å². The first kappa shape index (κ1) is 33.5. The van der Waals surface area contributed by atoms with Gasteiger partial charge in [0.25, 0.3) is 8.32 Å². The normalized spacial score (nSPS) is 13.8. The largest absolute Gasteiger partial charge is 0.497 e. The molecule has 2 atom stereocenters. The third-order valence-corrected chi connectivity index (χ3v) is 12.3. The molecule has 0 saturated carbocycles. The number of carbonyl (C=O) groups is 1. The summed E-state index contributed by atoms with van der Waals surface area (Å²) in [5.74, 6) is -0.147. The van der Waals surface area contributed by atoms with Crippen LogP contribution in [0.4, 0.5) is 0 Å². The third-order valence-electron chi connectivity index (χ3n) is 7.34. The summed E-state index contributed by atoms with van der Waals surface area (Å²) in [6.07, 6.45) is 0. The van der Waals surface area contributed by atoms with Crippen molar-refractivity contribution in [2.45, 2.75) is 65.7 Å². The highest BCUT2D eigenvalue weighted by Gasteiger charge is 2.50. The van der Waals surface area contributed by atoms with Crippen molar-refractivity contribution in [3.8, 4) is 5.75 Å². The number of hydrogen-bond donors (Lipinski definition) is 0. The molecular weight excluding hydrogens is 544 g/mol. The lowest BCUT2D eigenvalue weighted by Crippen LogP contribution is -2.67. The number of carbonyl (C=O) groups excluding carboxylic acids is 1. The van der Waals surface area contributed by atoms with Crippen molar-refractivity contribution in [2.24, 2.45) is 11.8 Å². The second-order valence-electron chi connectivity index (χ2n) is 12.7. The molecule has 0 amide bonds. The van der Waals surface area contributed by atoms with Crippen LogP contribution < -0.4 is 15.1 Å². The minimum atomic E-state index is -2.80. The molecule has 0 bridgehead atoms. The van der Waals surface area contributed by atoms with Crippen LogP contribution in [0.15, 0.2) is 84.9 Å². The lowest BCUT2D eigenvalue weighted by atomic mass is 9.95. The van der Waals surface area contributed by atoms with E-state index in [0.717, 1.165) is 11.3 Å². The predicted molar refractivity (Wildman–Crippen MR) is 171 cm³/mol. The van der Waals surface area contributed by atoms with Crippen LogP contribution in [-0.4, -0.2) is 47.0 Å². The molecule has 0 aliphatic heterocycles. The van der Waals surface area contributed by atoms with Gasteiger partial charge < -0.3 is 23.4 Å². The van der Waals surface area contributed by atoms with Gasteiger partial charge in [-0.2, -0.15) is 0 Å². The van der Waals surface area contributed by atoms with Crippen LogP contribution in [0.25, 0.3) is 0 Å². The Morgan fingerprint density at radius 3 is 1.79 bits per heavy atom. The molecule has 0 heterocycles. The van der Waals surface area contributed by atoms with Gasteiger partial charge in [0.2, 0.25) is 0 Å². The SMILES string of the molecule is COc1ccc(COCOC[C@@H](CO[Si](c2ccccc2)(c2ccccc2)C(C)(C)C)[C@H](C)C(=O)OC(C)(C)C)cc1. The van der Waals surface area contributed by atoms with Crippen molar-refractivity contribution in [1.82, 2.24) is 0 Å². The van der Waals surface area contributed by atoms with Gasteiger partial charge in [-0.1, -0.05) is 100 Å². The Morgan fingerprint density at radius 2 is 1.31 bits per heavy atom. The van der Waals surface area contributed by atoms with Crippen molar-refractivity contribution < 1.29 is 28.2 Å². The van der Waals surface area contributed by atoms with Gasteiger partial charge in [-0.25, -0.2) is 0 Å². The lowest BCUT2D eigenvalue weighted by Gasteiger charge is -2.44. The molecule has 0 N–H and O–H groups in total. The summed E-state index contributed by atoms with van der Waals surface area (Å²) in [4.78, 5) is 13.2. The first-order valence-electron chi connectivity index (χ1n) is 14.6. The van der Waals surface area contributed by atoms with E-state index in [0.29, 0.717) is 19.8 Å². The van der Waals surface area contributed by atoms with E-state index in [1.807, 2.05) is 64.1 Å². The van der Waals surface area contributed by atoms with Crippen molar-refractivity contribution in [2.75, 3.05) is 27.1 Å². The standard InChI is InChI=1S/C35H48O6Si/c1-27(33(36)41-34(2,3)4)29(24-39-26-38-23-28-19-21-30(37-8)22-20-28)25-40-42(35(5,6)7,31-15-11-9-12-16-31)32-17-13-10-14-18-32/h9-22,27,29H,23-26H2,1-8H3/t27-,29-/m0/s1. The number of hydrogen-bond acceptors (Lipinski definition) is 6. The summed E-state index contributed by atoms with van der Waals surface area (Å²) in [5, 5.41) is 2.20. The van der Waals surface area contributed by atoms with Gasteiger partial charge in [-0.3, -0.25) is 4.79 Å². The monoisotopic (exact) mass is 592 g/mol. The molecule has 0 aliphatic carbocycles. The Labute approximate surface area is 253 Å². The van der Waals surface area contributed by atoms with Gasteiger partial charge in [0.05, 0.1) is 26.2 Å². The molecule has 3 rings (SSSR count). The van der Waals surface area contributed by atoms with Crippen molar-refractivity contribution in [3.05, 3.63) is 90.5 Å². The molecule has 7 heteroatoms. The summed E-state index contributed by atoms with van der Waals surface area (Å²) in [7, 11) is -1.15. The van der Waals surface area contributed by atoms with E-state index in [2.05, 4.69) is 69.3 Å². The summed E-state index contributed by atoms with van der Waals surface area (Å²) in [6.45, 7) is 15.4. The molecule has 0 spiro atoms. The number of esters is 1. The Balaban J connectivity index is 1.81. The number of methoxy groups -OCH3 is 1. The first-order valence-corrected chi connectivity index (χ1v) is 16.5. The molecule has 0 unspecified atom stereocenters. The molecule has 6 nitrogen and oxygen atoms in total. The minimum Gasteiger partial charge on any atom is -0.497 e. The molecule has 42 heavy (non-hydrogen) atoms. The van der Waals surface area contributed by atoms with Crippen molar-refractivity contribution >= 4 is 24.7 Å². The topological polar surface area (TPSA) is 63.2 Å². The fourth-order valence-electron chi connectivity index (χ4n) is 5.06. The van der Waals surface area contributed by atoms with E-state index in [4.69, 9.17) is 23.4 Å². The minimum absolute atomic E-state index is 0.1000. The summed E-state index contributed by atoms with van der Waals surface area (Å²) >= 11 is 0. The van der Waals surface area contributed by atoms with Gasteiger partial charge in [0.15, 0.2) is 0 Å². The molecule has 0 fully saturated rings. The molecule has 228 valence electrons. The lowest BCUT2D eigenvalue weighted by molar-refractivity contribution is -0.164. The van der Waals surface area contributed by atoms with E-state index < -0.39 is 19.8 Å². The van der Waals surface area contributed by atoms with Crippen LogP contribution in [0.5, 0.6) is 5.75 Å². The number of benzene rings is 3. The smallest absolute Gasteiger partial charge is 0.309 e. The van der Waals surface area contributed by atoms with E-state index >= 15 is 0 Å². The summed E-state index contributed by atoms with van der Waals surface area (Å²) in [6, 6.07) is 28.7. The van der Waals surface area contributed by atoms with E-state index in [-0.39, 0.29) is 23.7 Å². The van der Waals surface area contributed by atoms with E-state index in [1.165, 1.54) is 10.4 Å². The first-order chi connectivity index (χ1) is 19.9. The summed E-state index contributed by atoms with van der Waals surface area (Å²) < 4.78 is 30.0. The fourth-order valence-corrected chi connectivity index (χ4v) is 9.68. The van der Waals surface area contributed by atoms with E-state index in [9.17, 15) is 4.79 Å². The fraction of sp³-hybridized carbons (Fsp3) is 0.457. The van der Waals surface area contributed by atoms with Gasteiger partial charge in [0, 0.05) is 12.5 Å². The molecule has 0 aliphatic rings. The number of rotatable bonds is 14. The molecule has 0 aromatic heterocycles. The highest BCUT2D eigenvalue weighted by atomic mass is 28.4. The number of ether oxygens (including phenoxy) is 4. The zero-order valence-corrected chi connectivity index (χ0v) is 27.5. The second-order valence-corrected chi connectivity index (χ2v) is 17.0. The third kappa shape index (κ3) is 9.01. The maximum atomic E-state index is 13.2. The van der Waals surface area contributed by atoms with Gasteiger partial charge in [0.1, 0.15) is 18.1 Å². The van der Waals surface area contributed by atoms with Crippen molar-refractivity contribution in [1.29, 1.82) is 0 Å². The van der Waals surface area contributed by atoms with E-state index in [1.54, 1.807) is 7.11 Å². The predicted octanol–water partition coefficient (Wildman–Crippen LogP) is 6.36. The maximum Gasteiger partial charge on any atom is 0.309 e. The highest BCUT2D eigenvalue weighted by molar-refractivity contribution is 6.99. The average Bonchev–Trinajstić information content (AvgIpc) is 2.95. The Bertz CT molecular complexity index is 1180. The molecule has 0 radical (unpaired) electrons. The summed E-state index contributed by atoms with van der Waals surface area (Å²) in [5.41, 5.74) is 0.435. The van der Waals surface area contributed by atoms with Crippen LogP contribution in [0.3, 0.4) is 0 Å². The van der Waals surface area contributed by atoms with Gasteiger partial charge in [-0.05, 0) is 53.9 Å². The highest BCUT2D eigenvalue weighted by Crippen LogP contribution is 2.37. The maximum absolute atomic E-state index is 13.2. The zero-order chi connectivity index (χ0) is 30.8.